The maximum Gasteiger partial charge on any atom is 0.234 e. The molecule has 2 saturated heterocycles. The van der Waals surface area contributed by atoms with Gasteiger partial charge in [-0.1, -0.05) is 56.4 Å². The van der Waals surface area contributed by atoms with Gasteiger partial charge in [-0.2, -0.15) is 0 Å². The highest BCUT2D eigenvalue weighted by Gasteiger charge is 2.58. The van der Waals surface area contributed by atoms with E-state index < -0.39 is 0 Å². The van der Waals surface area contributed by atoms with E-state index >= 15 is 0 Å². The molecule has 0 bridgehead atoms. The van der Waals surface area contributed by atoms with Crippen LogP contribution in [0.5, 0.6) is 5.75 Å². The highest BCUT2D eigenvalue weighted by molar-refractivity contribution is 6.06. The van der Waals surface area contributed by atoms with Crippen LogP contribution in [0.3, 0.4) is 0 Å². The summed E-state index contributed by atoms with van der Waals surface area (Å²) in [5.74, 6) is -0.220. The lowest BCUT2D eigenvalue weighted by molar-refractivity contribution is -0.143. The molecule has 2 aliphatic carbocycles. The molecular weight excluding hydrogens is 466 g/mol. The van der Waals surface area contributed by atoms with Crippen LogP contribution in [0.2, 0.25) is 0 Å². The molecule has 1 saturated carbocycles. The van der Waals surface area contributed by atoms with Crippen LogP contribution >= 0.6 is 0 Å². The molecule has 37 heavy (non-hydrogen) atoms. The fraction of sp³-hybridized carbons (Fsp3) is 0.613. The predicted octanol–water partition coefficient (Wildman–Crippen LogP) is 5.65. The highest BCUT2D eigenvalue weighted by Crippen LogP contribution is 2.50. The van der Waals surface area contributed by atoms with Crippen molar-refractivity contribution in [2.45, 2.75) is 83.3 Å². The van der Waals surface area contributed by atoms with E-state index in [-0.39, 0.29) is 47.5 Å². The van der Waals surface area contributed by atoms with Crippen molar-refractivity contribution in [3.63, 3.8) is 0 Å². The average molecular weight is 508 g/mol. The van der Waals surface area contributed by atoms with Crippen molar-refractivity contribution in [3.05, 3.63) is 46.5 Å². The number of phenolic OH excluding ortho intramolecular Hbond substituents is 1. The van der Waals surface area contributed by atoms with Gasteiger partial charge in [0.25, 0.3) is 0 Å². The van der Waals surface area contributed by atoms with E-state index in [4.69, 9.17) is 9.47 Å². The predicted molar refractivity (Wildman–Crippen MR) is 143 cm³/mol. The molecule has 6 nitrogen and oxygen atoms in total. The van der Waals surface area contributed by atoms with E-state index in [0.29, 0.717) is 19.6 Å². The number of rotatable bonds is 9. The third-order valence-electron chi connectivity index (χ3n) is 8.84. The zero-order chi connectivity index (χ0) is 25.9. The standard InChI is InChI=1S/C31H41NO5/c1-3-8-20(15-21-9-7-12-24(33)16-21)13-14-27-28-22(18-36-2)17-25-29(26(28)19-37-27)31(35)32(30(25)34)23-10-5-4-6-11-23/h7,9,12,15-16,23,25-27,29,33H,3-6,8,10-11,13-14,17-19H2,1-2H3/b20-15+/t25-,26+,27-,29-/m1/s1. The van der Waals surface area contributed by atoms with Gasteiger partial charge in [-0.3, -0.25) is 14.5 Å². The third-order valence-corrected chi connectivity index (χ3v) is 8.84. The monoisotopic (exact) mass is 507 g/mol. The van der Waals surface area contributed by atoms with Crippen molar-refractivity contribution >= 4 is 17.9 Å². The van der Waals surface area contributed by atoms with Crippen molar-refractivity contribution in [2.75, 3.05) is 20.3 Å². The van der Waals surface area contributed by atoms with Crippen molar-refractivity contribution in [3.8, 4) is 5.75 Å². The van der Waals surface area contributed by atoms with E-state index in [1.54, 1.807) is 24.1 Å². The van der Waals surface area contributed by atoms with Crippen LogP contribution in [-0.4, -0.2) is 54.3 Å². The molecule has 3 fully saturated rings. The first-order chi connectivity index (χ1) is 18.0. The van der Waals surface area contributed by atoms with Gasteiger partial charge in [0, 0.05) is 19.1 Å². The Morgan fingerprint density at radius 1 is 1.14 bits per heavy atom. The largest absolute Gasteiger partial charge is 0.508 e. The molecule has 0 spiro atoms. The van der Waals surface area contributed by atoms with Gasteiger partial charge in [-0.25, -0.2) is 0 Å². The zero-order valence-corrected chi connectivity index (χ0v) is 22.3. The topological polar surface area (TPSA) is 76.1 Å². The molecule has 4 atom stereocenters. The lowest BCUT2D eigenvalue weighted by Crippen LogP contribution is -2.42. The normalized spacial score (nSPS) is 28.7. The van der Waals surface area contributed by atoms with Crippen molar-refractivity contribution in [1.29, 1.82) is 0 Å². The van der Waals surface area contributed by atoms with E-state index in [9.17, 15) is 14.7 Å². The molecule has 0 aromatic heterocycles. The summed E-state index contributed by atoms with van der Waals surface area (Å²) in [7, 11) is 1.70. The number of phenols is 1. The molecule has 200 valence electrons. The Morgan fingerprint density at radius 3 is 2.68 bits per heavy atom. The second-order valence-corrected chi connectivity index (χ2v) is 11.3. The van der Waals surface area contributed by atoms with Gasteiger partial charge in [-0.05, 0) is 67.4 Å². The maximum atomic E-state index is 13.7. The second-order valence-electron chi connectivity index (χ2n) is 11.3. The van der Waals surface area contributed by atoms with Gasteiger partial charge >= 0.3 is 0 Å². The number of allylic oxidation sites excluding steroid dienone is 1. The summed E-state index contributed by atoms with van der Waals surface area (Å²) in [4.78, 5) is 28.9. The van der Waals surface area contributed by atoms with E-state index in [2.05, 4.69) is 13.0 Å². The fourth-order valence-electron chi connectivity index (χ4n) is 7.26. The molecule has 0 radical (unpaired) electrons. The van der Waals surface area contributed by atoms with Gasteiger partial charge in [0.15, 0.2) is 0 Å². The SMILES string of the molecule is CCC/C(=C\c1cccc(O)c1)CC[C@H]1OC[C@H]2C1=C(COC)C[C@H]1C(=O)N(C3CCCCC3)C(=O)[C@H]12. The molecule has 4 aliphatic rings. The van der Waals surface area contributed by atoms with Crippen molar-refractivity contribution in [2.24, 2.45) is 17.8 Å². The number of ether oxygens (including phenoxy) is 2. The third kappa shape index (κ3) is 5.28. The average Bonchev–Trinajstić information content (AvgIpc) is 3.42. The molecule has 1 aromatic carbocycles. The molecular formula is C31H41NO5. The van der Waals surface area contributed by atoms with Crippen LogP contribution < -0.4 is 0 Å². The fourth-order valence-corrected chi connectivity index (χ4v) is 7.26. The summed E-state index contributed by atoms with van der Waals surface area (Å²) in [6.07, 6.45) is 11.8. The van der Waals surface area contributed by atoms with Crippen LogP contribution in [-0.2, 0) is 19.1 Å². The number of fused-ring (bicyclic) bond motifs is 3. The van der Waals surface area contributed by atoms with Crippen LogP contribution in [0.25, 0.3) is 6.08 Å². The van der Waals surface area contributed by atoms with Crippen molar-refractivity contribution < 1.29 is 24.2 Å². The smallest absolute Gasteiger partial charge is 0.234 e. The Bertz CT molecular complexity index is 1070. The first-order valence-electron chi connectivity index (χ1n) is 14.2. The lowest BCUT2D eigenvalue weighted by atomic mass is 9.69. The van der Waals surface area contributed by atoms with Gasteiger partial charge in [-0.15, -0.1) is 0 Å². The molecule has 2 heterocycles. The van der Waals surface area contributed by atoms with Gasteiger partial charge in [0.1, 0.15) is 5.75 Å². The molecule has 0 unspecified atom stereocenters. The quantitative estimate of drug-likeness (QED) is 0.345. The Morgan fingerprint density at radius 2 is 1.95 bits per heavy atom. The van der Waals surface area contributed by atoms with Crippen LogP contribution in [0.15, 0.2) is 41.0 Å². The molecule has 5 rings (SSSR count). The summed E-state index contributed by atoms with van der Waals surface area (Å²) in [5, 5.41) is 9.86. The number of hydrogen-bond acceptors (Lipinski definition) is 5. The van der Waals surface area contributed by atoms with Crippen LogP contribution in [0.4, 0.5) is 0 Å². The molecule has 1 N–H and O–H groups in total. The Balaban J connectivity index is 1.35. The van der Waals surface area contributed by atoms with E-state index in [1.807, 2.05) is 12.1 Å². The first kappa shape index (κ1) is 26.2. The number of methoxy groups -OCH3 is 1. The minimum atomic E-state index is -0.284. The molecule has 1 aromatic rings. The number of imide groups is 1. The van der Waals surface area contributed by atoms with Crippen LogP contribution in [0.1, 0.15) is 76.7 Å². The molecule has 2 amide bonds. The minimum Gasteiger partial charge on any atom is -0.508 e. The summed E-state index contributed by atoms with van der Waals surface area (Å²) in [5.41, 5.74) is 4.73. The first-order valence-corrected chi connectivity index (χ1v) is 14.2. The summed E-state index contributed by atoms with van der Waals surface area (Å²) in [6, 6.07) is 7.43. The molecule has 2 aliphatic heterocycles. The van der Waals surface area contributed by atoms with Gasteiger partial charge in [0.2, 0.25) is 11.8 Å². The number of carbonyl (C=O) groups excluding carboxylic acids is 2. The highest BCUT2D eigenvalue weighted by atomic mass is 16.5. The molecule has 6 heteroatoms. The van der Waals surface area contributed by atoms with Crippen LogP contribution in [0, 0.1) is 17.8 Å². The number of nitrogens with zero attached hydrogens (tertiary/aromatic N) is 1. The zero-order valence-electron chi connectivity index (χ0n) is 22.3. The van der Waals surface area contributed by atoms with E-state index in [0.717, 1.165) is 62.5 Å². The lowest BCUT2D eigenvalue weighted by Gasteiger charge is -2.31. The summed E-state index contributed by atoms with van der Waals surface area (Å²) >= 11 is 0. The number of aromatic hydroxyl groups is 1. The summed E-state index contributed by atoms with van der Waals surface area (Å²) in [6.45, 7) is 3.17. The number of benzene rings is 1. The number of likely N-dealkylation sites (tertiary alicyclic amines) is 1. The Labute approximate surface area is 220 Å². The van der Waals surface area contributed by atoms with Gasteiger partial charge in [0.05, 0.1) is 31.2 Å². The van der Waals surface area contributed by atoms with Crippen molar-refractivity contribution in [1.82, 2.24) is 4.90 Å². The number of hydrogen-bond donors (Lipinski definition) is 1. The van der Waals surface area contributed by atoms with Gasteiger partial charge < -0.3 is 14.6 Å². The Kier molecular flexibility index (Phi) is 8.15. The second kappa shape index (κ2) is 11.5. The summed E-state index contributed by atoms with van der Waals surface area (Å²) < 4.78 is 12.0. The maximum absolute atomic E-state index is 13.7. The number of amides is 2. The number of carbonyl (C=O) groups is 2. The minimum absolute atomic E-state index is 0.0244. The van der Waals surface area contributed by atoms with E-state index in [1.165, 1.54) is 17.6 Å². The Hall–Kier alpha value is -2.44.